The summed E-state index contributed by atoms with van der Waals surface area (Å²) < 4.78 is 34.7. The molecule has 0 saturated carbocycles. The van der Waals surface area contributed by atoms with E-state index in [1.807, 2.05) is 12.1 Å². The van der Waals surface area contributed by atoms with Gasteiger partial charge in [-0.1, -0.05) is 12.1 Å². The van der Waals surface area contributed by atoms with E-state index in [-0.39, 0.29) is 22.7 Å². The first kappa shape index (κ1) is 19.1. The molecule has 0 spiro atoms. The summed E-state index contributed by atoms with van der Waals surface area (Å²) in [6.07, 6.45) is 1.43. The second-order valence-electron chi connectivity index (χ2n) is 6.81. The van der Waals surface area contributed by atoms with Gasteiger partial charge in [-0.25, -0.2) is 8.42 Å². The molecule has 0 bridgehead atoms. The van der Waals surface area contributed by atoms with Crippen molar-refractivity contribution in [3.8, 4) is 11.5 Å². The van der Waals surface area contributed by atoms with E-state index in [0.29, 0.717) is 42.4 Å². The lowest BCUT2D eigenvalue weighted by Crippen LogP contribution is -2.14. The van der Waals surface area contributed by atoms with Crippen LogP contribution in [0.5, 0.6) is 11.5 Å². The fraction of sp³-hybridized carbons (Fsp3) is 0.350. The van der Waals surface area contributed by atoms with Crippen molar-refractivity contribution in [3.63, 3.8) is 0 Å². The van der Waals surface area contributed by atoms with Crippen molar-refractivity contribution in [3.05, 3.63) is 48.0 Å². The van der Waals surface area contributed by atoms with Gasteiger partial charge in [0.15, 0.2) is 21.3 Å². The number of hydrogen-bond donors (Lipinski definition) is 1. The fourth-order valence-electron chi connectivity index (χ4n) is 3.23. The van der Waals surface area contributed by atoms with Crippen molar-refractivity contribution < 1.29 is 22.7 Å². The number of hydrogen-bond acceptors (Lipinski definition) is 6. The molecule has 0 aromatic heterocycles. The smallest absolute Gasteiger partial charge is 0.256 e. The molecule has 2 aliphatic rings. The summed E-state index contributed by atoms with van der Waals surface area (Å²) >= 11 is 1.46. The lowest BCUT2D eigenvalue weighted by molar-refractivity contribution is 0.102. The van der Waals surface area contributed by atoms with Crippen LogP contribution in [0.15, 0.2) is 47.4 Å². The van der Waals surface area contributed by atoms with Crippen molar-refractivity contribution in [1.82, 2.24) is 0 Å². The van der Waals surface area contributed by atoms with Gasteiger partial charge < -0.3 is 14.8 Å². The second-order valence-corrected chi connectivity index (χ2v) is 10.4. The first-order valence-corrected chi connectivity index (χ1v) is 11.9. The van der Waals surface area contributed by atoms with Crippen LogP contribution in [0.3, 0.4) is 0 Å². The number of carbonyl (C=O) groups is 1. The minimum Gasteiger partial charge on any atom is -0.490 e. The molecule has 1 N–H and O–H groups in total. The van der Waals surface area contributed by atoms with Crippen molar-refractivity contribution in [2.24, 2.45) is 0 Å². The molecule has 2 heterocycles. The predicted molar refractivity (Wildman–Crippen MR) is 109 cm³/mol. The Labute approximate surface area is 168 Å². The van der Waals surface area contributed by atoms with E-state index in [0.717, 1.165) is 11.3 Å². The van der Waals surface area contributed by atoms with Gasteiger partial charge in [0.05, 0.1) is 30.3 Å². The largest absolute Gasteiger partial charge is 0.490 e. The van der Waals surface area contributed by atoms with E-state index < -0.39 is 9.84 Å². The Morgan fingerprint density at radius 3 is 2.64 bits per heavy atom. The molecule has 28 heavy (non-hydrogen) atoms. The van der Waals surface area contributed by atoms with E-state index in [9.17, 15) is 13.2 Å². The number of ether oxygens (including phenoxy) is 2. The monoisotopic (exact) mass is 419 g/mol. The van der Waals surface area contributed by atoms with Crippen LogP contribution in [0.25, 0.3) is 0 Å². The number of amides is 1. The molecule has 0 aliphatic carbocycles. The first-order chi connectivity index (χ1) is 13.5. The molecule has 0 unspecified atom stereocenters. The second kappa shape index (κ2) is 8.05. The number of sulfone groups is 1. The molecule has 0 radical (unpaired) electrons. The van der Waals surface area contributed by atoms with Gasteiger partial charge in [0.1, 0.15) is 0 Å². The van der Waals surface area contributed by atoms with Crippen LogP contribution in [-0.4, -0.2) is 44.3 Å². The van der Waals surface area contributed by atoms with Crippen LogP contribution in [0, 0.1) is 0 Å². The Morgan fingerprint density at radius 1 is 1.07 bits per heavy atom. The van der Waals surface area contributed by atoms with Crippen LogP contribution in [0.2, 0.25) is 0 Å². The molecule has 1 fully saturated rings. The zero-order valence-corrected chi connectivity index (χ0v) is 16.9. The van der Waals surface area contributed by atoms with E-state index in [1.54, 1.807) is 30.3 Å². The van der Waals surface area contributed by atoms with Gasteiger partial charge >= 0.3 is 0 Å². The molecule has 2 aromatic rings. The summed E-state index contributed by atoms with van der Waals surface area (Å²) in [6, 6.07) is 12.6. The van der Waals surface area contributed by atoms with E-state index in [4.69, 9.17) is 9.47 Å². The molecule has 1 saturated heterocycles. The van der Waals surface area contributed by atoms with Crippen molar-refractivity contribution in [1.29, 1.82) is 0 Å². The maximum Gasteiger partial charge on any atom is 0.256 e. The van der Waals surface area contributed by atoms with Crippen molar-refractivity contribution >= 4 is 33.2 Å². The highest BCUT2D eigenvalue weighted by atomic mass is 32.2. The van der Waals surface area contributed by atoms with Crippen LogP contribution in [-0.2, 0) is 9.84 Å². The van der Waals surface area contributed by atoms with Crippen LogP contribution >= 0.6 is 11.8 Å². The molecule has 2 aromatic carbocycles. The Kier molecular flexibility index (Phi) is 5.50. The average Bonchev–Trinajstić information content (AvgIpc) is 2.87. The standard InChI is InChI=1S/C20H21NO5S2/c22-20(21-14-6-7-17-18(12-14)26-10-3-9-25-17)16-4-1-2-5-19(16)27-15-8-11-28(23,24)13-15/h1-2,4-7,12,15H,3,8-11,13H2,(H,21,22)/t15-/m1/s1. The summed E-state index contributed by atoms with van der Waals surface area (Å²) in [5, 5.41) is 2.89. The van der Waals surface area contributed by atoms with Gasteiger partial charge in [-0.2, -0.15) is 0 Å². The lowest BCUT2D eigenvalue weighted by atomic mass is 10.2. The molecule has 1 atom stereocenters. The molecule has 2 aliphatic heterocycles. The number of fused-ring (bicyclic) bond motifs is 1. The van der Waals surface area contributed by atoms with Gasteiger partial charge in [0, 0.05) is 28.3 Å². The molecule has 148 valence electrons. The Morgan fingerprint density at radius 2 is 1.86 bits per heavy atom. The zero-order chi connectivity index (χ0) is 19.6. The number of nitrogens with one attached hydrogen (secondary N) is 1. The summed E-state index contributed by atoms with van der Waals surface area (Å²) in [6.45, 7) is 1.19. The topological polar surface area (TPSA) is 81.7 Å². The molecule has 6 nitrogen and oxygen atoms in total. The minimum atomic E-state index is -2.96. The Balaban J connectivity index is 1.50. The Bertz CT molecular complexity index is 990. The normalized spacial score (nSPS) is 20.4. The molecule has 1 amide bonds. The highest BCUT2D eigenvalue weighted by molar-refractivity contribution is 8.02. The van der Waals surface area contributed by atoms with Crippen molar-refractivity contribution in [2.75, 3.05) is 30.0 Å². The summed E-state index contributed by atoms with van der Waals surface area (Å²) in [5.74, 6) is 1.44. The number of rotatable bonds is 4. The third-order valence-electron chi connectivity index (χ3n) is 4.62. The van der Waals surface area contributed by atoms with Gasteiger partial charge in [0.2, 0.25) is 0 Å². The van der Waals surface area contributed by atoms with Crippen LogP contribution in [0.1, 0.15) is 23.2 Å². The predicted octanol–water partition coefficient (Wildman–Crippen LogP) is 3.38. The van der Waals surface area contributed by atoms with E-state index in [2.05, 4.69) is 5.32 Å². The maximum absolute atomic E-state index is 12.9. The third kappa shape index (κ3) is 4.44. The zero-order valence-electron chi connectivity index (χ0n) is 15.2. The van der Waals surface area contributed by atoms with E-state index >= 15 is 0 Å². The molecular formula is C20H21NO5S2. The summed E-state index contributed by atoms with van der Waals surface area (Å²) in [7, 11) is -2.96. The van der Waals surface area contributed by atoms with E-state index in [1.165, 1.54) is 11.8 Å². The van der Waals surface area contributed by atoms with Crippen LogP contribution in [0.4, 0.5) is 5.69 Å². The quantitative estimate of drug-likeness (QED) is 0.818. The number of thioether (sulfide) groups is 1. The van der Waals surface area contributed by atoms with Gasteiger partial charge in [-0.15, -0.1) is 11.8 Å². The highest BCUT2D eigenvalue weighted by Gasteiger charge is 2.29. The molecule has 4 rings (SSSR count). The Hall–Kier alpha value is -2.19. The SMILES string of the molecule is O=C(Nc1ccc2c(c1)OCCCO2)c1ccccc1S[C@@H]1CCS(=O)(=O)C1. The van der Waals surface area contributed by atoms with Gasteiger partial charge in [-0.05, 0) is 30.7 Å². The summed E-state index contributed by atoms with van der Waals surface area (Å²) in [5.41, 5.74) is 1.15. The molecule has 8 heteroatoms. The molecular weight excluding hydrogens is 398 g/mol. The number of benzene rings is 2. The average molecular weight is 420 g/mol. The maximum atomic E-state index is 12.9. The fourth-order valence-corrected chi connectivity index (χ4v) is 6.86. The van der Waals surface area contributed by atoms with Gasteiger partial charge in [-0.3, -0.25) is 4.79 Å². The first-order valence-electron chi connectivity index (χ1n) is 9.17. The minimum absolute atomic E-state index is 0.0167. The lowest BCUT2D eigenvalue weighted by Gasteiger charge is -2.14. The highest BCUT2D eigenvalue weighted by Crippen LogP contribution is 2.35. The van der Waals surface area contributed by atoms with Crippen LogP contribution < -0.4 is 14.8 Å². The third-order valence-corrected chi connectivity index (χ3v) is 7.95. The van der Waals surface area contributed by atoms with Crippen molar-refractivity contribution in [2.45, 2.75) is 23.0 Å². The number of carbonyl (C=O) groups excluding carboxylic acids is 1. The summed E-state index contributed by atoms with van der Waals surface area (Å²) in [4.78, 5) is 13.6. The number of anilines is 1. The van der Waals surface area contributed by atoms with Gasteiger partial charge in [0.25, 0.3) is 5.91 Å².